The predicted molar refractivity (Wildman–Crippen MR) is 124 cm³/mol. The molecule has 0 radical (unpaired) electrons. The van der Waals surface area contributed by atoms with E-state index < -0.39 is 0 Å². The number of carbonyl (C=O) groups is 2. The Morgan fingerprint density at radius 1 is 1.23 bits per heavy atom. The van der Waals surface area contributed by atoms with Crippen molar-refractivity contribution in [2.45, 2.75) is 56.8 Å². The molecular weight excluding hydrogens is 457 g/mol. The highest BCUT2D eigenvalue weighted by molar-refractivity contribution is 7.99. The zero-order valence-corrected chi connectivity index (χ0v) is 20.2. The SMILES string of the molecule is CC(C)C(NC(=O)c1ccc(Cl)cc1Cl)c1nnc(SCC(=O)NC2CCCC2)n1C. The van der Waals surface area contributed by atoms with E-state index in [4.69, 9.17) is 23.2 Å². The van der Waals surface area contributed by atoms with E-state index in [-0.39, 0.29) is 34.5 Å². The van der Waals surface area contributed by atoms with Crippen LogP contribution in [0.2, 0.25) is 10.0 Å². The molecule has 0 aliphatic heterocycles. The smallest absolute Gasteiger partial charge is 0.253 e. The quantitative estimate of drug-likeness (QED) is 0.543. The molecule has 2 aromatic rings. The van der Waals surface area contributed by atoms with Gasteiger partial charge in [-0.1, -0.05) is 61.7 Å². The fourth-order valence-corrected chi connectivity index (χ4v) is 4.84. The Hall–Kier alpha value is -1.77. The van der Waals surface area contributed by atoms with E-state index in [0.717, 1.165) is 12.8 Å². The molecule has 1 fully saturated rings. The minimum absolute atomic E-state index is 0.00698. The van der Waals surface area contributed by atoms with Crippen molar-refractivity contribution in [1.82, 2.24) is 25.4 Å². The number of carbonyl (C=O) groups excluding carboxylic acids is 2. The van der Waals surface area contributed by atoms with E-state index in [1.54, 1.807) is 12.1 Å². The van der Waals surface area contributed by atoms with Gasteiger partial charge in [0.05, 0.1) is 22.4 Å². The van der Waals surface area contributed by atoms with E-state index in [0.29, 0.717) is 27.6 Å². The highest BCUT2D eigenvalue weighted by Crippen LogP contribution is 2.26. The van der Waals surface area contributed by atoms with Crippen LogP contribution < -0.4 is 10.6 Å². The first kappa shape index (κ1) is 23.9. The van der Waals surface area contributed by atoms with Crippen molar-refractivity contribution in [2.75, 3.05) is 5.75 Å². The van der Waals surface area contributed by atoms with Crippen LogP contribution in [0.15, 0.2) is 23.4 Å². The molecule has 1 aliphatic rings. The van der Waals surface area contributed by atoms with Gasteiger partial charge in [-0.2, -0.15) is 0 Å². The van der Waals surface area contributed by atoms with Crippen LogP contribution in [-0.4, -0.2) is 38.4 Å². The maximum absolute atomic E-state index is 12.8. The van der Waals surface area contributed by atoms with E-state index in [1.165, 1.54) is 30.7 Å². The number of rotatable bonds is 8. The molecule has 31 heavy (non-hydrogen) atoms. The molecule has 1 atom stereocenters. The van der Waals surface area contributed by atoms with Crippen LogP contribution in [-0.2, 0) is 11.8 Å². The van der Waals surface area contributed by atoms with Gasteiger partial charge in [-0.05, 0) is 37.0 Å². The first-order valence-electron chi connectivity index (χ1n) is 10.3. The molecule has 10 heteroatoms. The molecule has 1 aromatic carbocycles. The number of amides is 2. The summed E-state index contributed by atoms with van der Waals surface area (Å²) in [6.45, 7) is 3.98. The summed E-state index contributed by atoms with van der Waals surface area (Å²) in [5.41, 5.74) is 0.345. The van der Waals surface area contributed by atoms with Crippen molar-refractivity contribution in [1.29, 1.82) is 0 Å². The lowest BCUT2D eigenvalue weighted by Crippen LogP contribution is -2.34. The molecule has 0 bridgehead atoms. The van der Waals surface area contributed by atoms with E-state index in [1.807, 2.05) is 25.5 Å². The first-order valence-corrected chi connectivity index (χ1v) is 12.1. The number of aromatic nitrogens is 3. The highest BCUT2D eigenvalue weighted by atomic mass is 35.5. The van der Waals surface area contributed by atoms with E-state index >= 15 is 0 Å². The number of hydrogen-bond donors (Lipinski definition) is 2. The van der Waals surface area contributed by atoms with Crippen molar-refractivity contribution in [2.24, 2.45) is 13.0 Å². The molecule has 2 N–H and O–H groups in total. The number of thioether (sulfide) groups is 1. The Morgan fingerprint density at radius 2 is 1.94 bits per heavy atom. The topological polar surface area (TPSA) is 88.9 Å². The standard InChI is InChI=1S/C21H27Cl2N5O2S/c1-12(2)18(25-20(30)15-9-8-13(22)10-16(15)23)19-26-27-21(28(19)3)31-11-17(29)24-14-6-4-5-7-14/h8-10,12,14,18H,4-7,11H2,1-3H3,(H,24,29)(H,25,30). The summed E-state index contributed by atoms with van der Waals surface area (Å²) < 4.78 is 1.82. The average molecular weight is 484 g/mol. The van der Waals surface area contributed by atoms with Crippen LogP contribution in [0.5, 0.6) is 0 Å². The second-order valence-electron chi connectivity index (χ2n) is 8.06. The first-order chi connectivity index (χ1) is 14.8. The fourth-order valence-electron chi connectivity index (χ4n) is 3.61. The summed E-state index contributed by atoms with van der Waals surface area (Å²) in [4.78, 5) is 25.0. The molecule has 1 saturated carbocycles. The Kier molecular flexibility index (Phi) is 8.24. The minimum atomic E-state index is -0.376. The van der Waals surface area contributed by atoms with Gasteiger partial charge < -0.3 is 15.2 Å². The average Bonchev–Trinajstić information content (AvgIpc) is 3.34. The lowest BCUT2D eigenvalue weighted by molar-refractivity contribution is -0.119. The molecule has 1 unspecified atom stereocenters. The molecule has 7 nitrogen and oxygen atoms in total. The molecule has 3 rings (SSSR count). The molecule has 0 saturated heterocycles. The van der Waals surface area contributed by atoms with Crippen LogP contribution >= 0.6 is 35.0 Å². The second kappa shape index (κ2) is 10.7. The summed E-state index contributed by atoms with van der Waals surface area (Å²) in [5.74, 6) is 0.649. The largest absolute Gasteiger partial charge is 0.353 e. The molecule has 0 spiro atoms. The number of halogens is 2. The zero-order chi connectivity index (χ0) is 22.5. The van der Waals surface area contributed by atoms with Crippen molar-refractivity contribution >= 4 is 46.8 Å². The Morgan fingerprint density at radius 3 is 2.58 bits per heavy atom. The lowest BCUT2D eigenvalue weighted by Gasteiger charge is -2.22. The van der Waals surface area contributed by atoms with Crippen LogP contribution in [0.1, 0.15) is 61.8 Å². The van der Waals surface area contributed by atoms with Gasteiger partial charge in [-0.3, -0.25) is 9.59 Å². The van der Waals surface area contributed by atoms with Gasteiger partial charge in [-0.15, -0.1) is 10.2 Å². The van der Waals surface area contributed by atoms with Gasteiger partial charge in [0, 0.05) is 18.1 Å². The Bertz CT molecular complexity index is 944. The fraction of sp³-hybridized carbons (Fsp3) is 0.524. The van der Waals surface area contributed by atoms with Crippen LogP contribution in [0, 0.1) is 5.92 Å². The summed E-state index contributed by atoms with van der Waals surface area (Å²) in [6.07, 6.45) is 4.46. The molecule has 1 aliphatic carbocycles. The summed E-state index contributed by atoms with van der Waals surface area (Å²) in [6, 6.07) is 4.68. The molecular formula is C21H27Cl2N5O2S. The summed E-state index contributed by atoms with van der Waals surface area (Å²) in [5, 5.41) is 16.0. The maximum Gasteiger partial charge on any atom is 0.253 e. The third-order valence-electron chi connectivity index (χ3n) is 5.33. The van der Waals surface area contributed by atoms with Gasteiger partial charge in [0.15, 0.2) is 11.0 Å². The third kappa shape index (κ3) is 6.14. The molecule has 1 heterocycles. The van der Waals surface area contributed by atoms with E-state index in [9.17, 15) is 9.59 Å². The van der Waals surface area contributed by atoms with Crippen molar-refractivity contribution in [3.8, 4) is 0 Å². The van der Waals surface area contributed by atoms with E-state index in [2.05, 4.69) is 20.8 Å². The van der Waals surface area contributed by atoms with Gasteiger partial charge in [0.1, 0.15) is 0 Å². The van der Waals surface area contributed by atoms with Gasteiger partial charge in [-0.25, -0.2) is 0 Å². The van der Waals surface area contributed by atoms with Crippen molar-refractivity contribution < 1.29 is 9.59 Å². The highest BCUT2D eigenvalue weighted by Gasteiger charge is 2.26. The normalized spacial score (nSPS) is 15.3. The monoisotopic (exact) mass is 483 g/mol. The molecule has 2 amide bonds. The Balaban J connectivity index is 1.66. The lowest BCUT2D eigenvalue weighted by atomic mass is 10.0. The molecule has 1 aromatic heterocycles. The minimum Gasteiger partial charge on any atom is -0.353 e. The summed E-state index contributed by atoms with van der Waals surface area (Å²) >= 11 is 13.4. The third-order valence-corrected chi connectivity index (χ3v) is 6.90. The number of benzene rings is 1. The second-order valence-corrected chi connectivity index (χ2v) is 9.84. The molecule has 168 valence electrons. The van der Waals surface area contributed by atoms with Gasteiger partial charge >= 0.3 is 0 Å². The van der Waals surface area contributed by atoms with Crippen LogP contribution in [0.4, 0.5) is 0 Å². The van der Waals surface area contributed by atoms with Gasteiger partial charge in [0.2, 0.25) is 5.91 Å². The van der Waals surface area contributed by atoms with Crippen LogP contribution in [0.3, 0.4) is 0 Å². The Labute approximate surface area is 196 Å². The van der Waals surface area contributed by atoms with Crippen LogP contribution in [0.25, 0.3) is 0 Å². The van der Waals surface area contributed by atoms with Gasteiger partial charge in [0.25, 0.3) is 5.91 Å². The maximum atomic E-state index is 12.8. The summed E-state index contributed by atoms with van der Waals surface area (Å²) in [7, 11) is 1.84. The van der Waals surface area contributed by atoms with Crippen molar-refractivity contribution in [3.63, 3.8) is 0 Å². The number of hydrogen-bond acceptors (Lipinski definition) is 5. The number of nitrogens with zero attached hydrogens (tertiary/aromatic N) is 3. The zero-order valence-electron chi connectivity index (χ0n) is 17.8. The number of nitrogens with one attached hydrogen (secondary N) is 2. The van der Waals surface area contributed by atoms with Crippen molar-refractivity contribution in [3.05, 3.63) is 39.6 Å². The predicted octanol–water partition coefficient (Wildman–Crippen LogP) is 4.40.